The molecular weight excluding hydrogens is 222 g/mol. The molecule has 1 aliphatic rings. The molecule has 4 heteroatoms. The molecule has 3 nitrogen and oxygen atoms in total. The minimum atomic E-state index is -0.290. The van der Waals surface area contributed by atoms with E-state index in [0.717, 1.165) is 5.56 Å². The summed E-state index contributed by atoms with van der Waals surface area (Å²) in [5.74, 6) is 0. The van der Waals surface area contributed by atoms with Gasteiger partial charge in [0.1, 0.15) is 5.17 Å². The van der Waals surface area contributed by atoms with E-state index in [-0.39, 0.29) is 11.6 Å². The fourth-order valence-electron chi connectivity index (χ4n) is 2.07. The van der Waals surface area contributed by atoms with E-state index in [2.05, 4.69) is 21.4 Å². The van der Waals surface area contributed by atoms with Crippen LogP contribution in [0.25, 0.3) is 0 Å². The first-order chi connectivity index (χ1) is 7.69. The topological polar surface area (TPSA) is 37.3 Å². The molecule has 0 aromatic carbocycles. The van der Waals surface area contributed by atoms with Crippen LogP contribution in [0.4, 0.5) is 0 Å². The molecule has 1 aromatic heterocycles. The summed E-state index contributed by atoms with van der Waals surface area (Å²) >= 11 is 5.91. The maximum atomic E-state index is 5.91. The minimum Gasteiger partial charge on any atom is -0.305 e. The van der Waals surface area contributed by atoms with E-state index in [1.807, 2.05) is 32.2 Å². The van der Waals surface area contributed by atoms with Crippen molar-refractivity contribution in [3.05, 3.63) is 42.2 Å². The summed E-state index contributed by atoms with van der Waals surface area (Å²) in [4.78, 5) is 8.43. The van der Waals surface area contributed by atoms with Crippen LogP contribution in [0.15, 0.2) is 41.7 Å². The van der Waals surface area contributed by atoms with Crippen LogP contribution in [0.2, 0.25) is 0 Å². The van der Waals surface area contributed by atoms with E-state index in [1.54, 1.807) is 12.4 Å². The fraction of sp³-hybridized carbons (Fsp3) is 0.333. The Hall–Kier alpha value is -1.19. The molecule has 0 bridgehead atoms. The highest BCUT2D eigenvalue weighted by Gasteiger charge is 2.35. The molecule has 2 heterocycles. The molecule has 0 saturated carbocycles. The largest absolute Gasteiger partial charge is 0.305 e. The lowest BCUT2D eigenvalue weighted by Gasteiger charge is -2.36. The van der Waals surface area contributed by atoms with Gasteiger partial charge in [-0.25, -0.2) is 0 Å². The van der Waals surface area contributed by atoms with E-state index in [9.17, 15) is 0 Å². The van der Waals surface area contributed by atoms with Crippen molar-refractivity contribution in [2.45, 2.75) is 18.5 Å². The number of allylic oxidation sites excluding steroid dienone is 1. The van der Waals surface area contributed by atoms with Crippen molar-refractivity contribution in [2.75, 3.05) is 7.05 Å². The first-order valence-electron chi connectivity index (χ1n) is 5.21. The van der Waals surface area contributed by atoms with Crippen molar-refractivity contribution in [3.63, 3.8) is 0 Å². The zero-order valence-corrected chi connectivity index (χ0v) is 10.1. The zero-order chi connectivity index (χ0) is 11.6. The summed E-state index contributed by atoms with van der Waals surface area (Å²) < 4.78 is 0. The van der Waals surface area contributed by atoms with Crippen molar-refractivity contribution in [2.24, 2.45) is 4.99 Å². The predicted octanol–water partition coefficient (Wildman–Crippen LogP) is 2.09. The second kappa shape index (κ2) is 4.36. The third kappa shape index (κ3) is 1.77. The number of nitrogens with one attached hydrogen (secondary N) is 1. The predicted molar refractivity (Wildman–Crippen MR) is 66.9 cm³/mol. The summed E-state index contributed by atoms with van der Waals surface area (Å²) in [5, 5.41) is 3.87. The van der Waals surface area contributed by atoms with Gasteiger partial charge in [-0.2, -0.15) is 0 Å². The van der Waals surface area contributed by atoms with E-state index < -0.39 is 0 Å². The van der Waals surface area contributed by atoms with Crippen LogP contribution < -0.4 is 5.32 Å². The lowest BCUT2D eigenvalue weighted by molar-refractivity contribution is 0.383. The Morgan fingerprint density at radius 2 is 2.06 bits per heavy atom. The van der Waals surface area contributed by atoms with Crippen LogP contribution in [0.5, 0.6) is 0 Å². The number of pyridine rings is 1. The van der Waals surface area contributed by atoms with Crippen LogP contribution >= 0.6 is 11.6 Å². The summed E-state index contributed by atoms with van der Waals surface area (Å²) in [6.07, 6.45) is 7.46. The van der Waals surface area contributed by atoms with Crippen molar-refractivity contribution in [1.82, 2.24) is 10.3 Å². The maximum absolute atomic E-state index is 5.91. The van der Waals surface area contributed by atoms with Gasteiger partial charge in [-0.15, -0.1) is 0 Å². The average Bonchev–Trinajstić information content (AvgIpc) is 2.31. The Morgan fingerprint density at radius 1 is 1.38 bits per heavy atom. The van der Waals surface area contributed by atoms with Crippen LogP contribution in [0, 0.1) is 0 Å². The molecule has 2 unspecified atom stereocenters. The molecule has 84 valence electrons. The molecule has 1 aliphatic heterocycles. The van der Waals surface area contributed by atoms with Gasteiger partial charge in [0, 0.05) is 12.4 Å². The van der Waals surface area contributed by atoms with Crippen molar-refractivity contribution in [1.29, 1.82) is 0 Å². The van der Waals surface area contributed by atoms with Crippen LogP contribution in [-0.2, 0) is 5.54 Å². The summed E-state index contributed by atoms with van der Waals surface area (Å²) in [6.45, 7) is 2.04. The van der Waals surface area contributed by atoms with E-state index in [4.69, 9.17) is 11.6 Å². The molecule has 0 spiro atoms. The lowest BCUT2D eigenvalue weighted by Crippen LogP contribution is -2.48. The summed E-state index contributed by atoms with van der Waals surface area (Å²) in [5.41, 5.74) is 0.850. The van der Waals surface area contributed by atoms with E-state index in [0.29, 0.717) is 5.17 Å². The monoisotopic (exact) mass is 235 g/mol. The Balaban J connectivity index is 2.46. The Labute approximate surface area is 100 Å². The van der Waals surface area contributed by atoms with Crippen molar-refractivity contribution >= 4 is 16.8 Å². The number of nitrogens with zero attached hydrogens (tertiary/aromatic N) is 2. The standard InChI is InChI=1S/C12H14ClN3/c1-9-12(14-2,6-3-11(13)16-9)10-4-7-15-8-5-10/h3-9,14H,1-2H3. The number of rotatable bonds is 2. The van der Waals surface area contributed by atoms with Gasteiger partial charge in [-0.1, -0.05) is 17.7 Å². The van der Waals surface area contributed by atoms with Crippen LogP contribution in [0.3, 0.4) is 0 Å². The Bertz CT molecular complexity index is 427. The molecular formula is C12H14ClN3. The smallest absolute Gasteiger partial charge is 0.123 e. The Morgan fingerprint density at radius 3 is 2.62 bits per heavy atom. The quantitative estimate of drug-likeness (QED) is 0.853. The summed E-state index contributed by atoms with van der Waals surface area (Å²) in [7, 11) is 1.93. The number of likely N-dealkylation sites (N-methyl/N-ethyl adjacent to an activating group) is 1. The lowest BCUT2D eigenvalue weighted by atomic mass is 9.83. The van der Waals surface area contributed by atoms with Crippen molar-refractivity contribution in [3.8, 4) is 0 Å². The Kier molecular flexibility index (Phi) is 3.08. The minimum absolute atomic E-state index is 0.0531. The van der Waals surface area contributed by atoms with E-state index >= 15 is 0 Å². The highest BCUT2D eigenvalue weighted by molar-refractivity contribution is 6.68. The average molecular weight is 236 g/mol. The van der Waals surface area contributed by atoms with Crippen LogP contribution in [-0.4, -0.2) is 23.2 Å². The molecule has 0 aliphatic carbocycles. The van der Waals surface area contributed by atoms with Gasteiger partial charge in [0.15, 0.2) is 0 Å². The molecule has 2 atom stereocenters. The number of hydrogen-bond acceptors (Lipinski definition) is 3. The highest BCUT2D eigenvalue weighted by atomic mass is 35.5. The molecule has 0 fully saturated rings. The number of aromatic nitrogens is 1. The van der Waals surface area contributed by atoms with Gasteiger partial charge in [0.05, 0.1) is 11.6 Å². The van der Waals surface area contributed by atoms with Gasteiger partial charge >= 0.3 is 0 Å². The highest BCUT2D eigenvalue weighted by Crippen LogP contribution is 2.31. The third-order valence-electron chi connectivity index (χ3n) is 3.03. The normalized spacial score (nSPS) is 28.9. The third-order valence-corrected chi connectivity index (χ3v) is 3.25. The van der Waals surface area contributed by atoms with Crippen LogP contribution in [0.1, 0.15) is 12.5 Å². The first-order valence-corrected chi connectivity index (χ1v) is 5.59. The van der Waals surface area contributed by atoms with E-state index in [1.165, 1.54) is 0 Å². The number of aliphatic imine (C=N–C) groups is 1. The number of hydrogen-bond donors (Lipinski definition) is 1. The van der Waals surface area contributed by atoms with Gasteiger partial charge in [0.25, 0.3) is 0 Å². The number of dihydropyridines is 1. The van der Waals surface area contributed by atoms with Crippen molar-refractivity contribution < 1.29 is 0 Å². The second-order valence-electron chi connectivity index (χ2n) is 3.82. The van der Waals surface area contributed by atoms with Gasteiger partial charge in [-0.3, -0.25) is 9.98 Å². The molecule has 1 N–H and O–H groups in total. The molecule has 16 heavy (non-hydrogen) atoms. The SMILES string of the molecule is CNC1(c2ccncc2)C=CC(Cl)=NC1C. The second-order valence-corrected chi connectivity index (χ2v) is 4.20. The molecule has 0 saturated heterocycles. The summed E-state index contributed by atoms with van der Waals surface area (Å²) in [6, 6.07) is 4.04. The van der Waals surface area contributed by atoms with Gasteiger partial charge < -0.3 is 5.32 Å². The first kappa shape index (κ1) is 11.3. The van der Waals surface area contributed by atoms with Gasteiger partial charge in [-0.05, 0) is 37.7 Å². The molecule has 0 amide bonds. The molecule has 1 aromatic rings. The maximum Gasteiger partial charge on any atom is 0.123 e. The molecule has 0 radical (unpaired) electrons. The molecule has 2 rings (SSSR count). The van der Waals surface area contributed by atoms with Gasteiger partial charge in [0.2, 0.25) is 0 Å². The zero-order valence-electron chi connectivity index (χ0n) is 9.31. The fourth-order valence-corrected chi connectivity index (χ4v) is 2.28. The number of halogens is 1.